The maximum atomic E-state index is 12.6. The highest BCUT2D eigenvalue weighted by atomic mass is 16.6. The second-order valence-electron chi connectivity index (χ2n) is 7.07. The molecule has 1 amide bonds. The fraction of sp³-hybridized carbons (Fsp3) is 0.381. The van der Waals surface area contributed by atoms with Gasteiger partial charge in [0.25, 0.3) is 0 Å². The molecule has 0 spiro atoms. The molecule has 8 heteroatoms. The first-order chi connectivity index (χ1) is 14.1. The largest absolute Gasteiger partial charge is 0.444 e. The summed E-state index contributed by atoms with van der Waals surface area (Å²) in [5.74, 6) is 0.371. The molecule has 150 valence electrons. The van der Waals surface area contributed by atoms with Gasteiger partial charge in [-0.2, -0.15) is 5.26 Å². The van der Waals surface area contributed by atoms with Gasteiger partial charge in [0.1, 0.15) is 23.2 Å². The lowest BCUT2D eigenvalue weighted by molar-refractivity contribution is -0.116. The molecule has 1 aromatic carbocycles. The van der Waals surface area contributed by atoms with Gasteiger partial charge in [-0.1, -0.05) is 12.1 Å². The van der Waals surface area contributed by atoms with Gasteiger partial charge in [0, 0.05) is 31.5 Å². The Hall–Kier alpha value is -3.31. The first-order valence-corrected chi connectivity index (χ1v) is 9.56. The lowest BCUT2D eigenvalue weighted by Crippen LogP contribution is -2.42. The van der Waals surface area contributed by atoms with Crippen LogP contribution in [0.5, 0.6) is 5.75 Å². The number of carbonyl (C=O) groups is 2. The lowest BCUT2D eigenvalue weighted by atomic mass is 9.77. The zero-order valence-electron chi connectivity index (χ0n) is 15.8. The molecule has 2 N–H and O–H groups in total. The number of rotatable bonds is 2. The van der Waals surface area contributed by atoms with E-state index in [2.05, 4.69) is 6.07 Å². The van der Waals surface area contributed by atoms with Crippen LogP contribution in [0.3, 0.4) is 0 Å². The molecule has 1 aliphatic carbocycles. The Morgan fingerprint density at radius 3 is 2.62 bits per heavy atom. The molecule has 8 nitrogen and oxygen atoms in total. The van der Waals surface area contributed by atoms with E-state index in [1.54, 1.807) is 29.2 Å². The number of ether oxygens (including phenoxy) is 3. The van der Waals surface area contributed by atoms with Crippen molar-refractivity contribution in [2.24, 2.45) is 5.73 Å². The molecule has 0 aromatic heterocycles. The van der Waals surface area contributed by atoms with Crippen LogP contribution in [0.1, 0.15) is 30.7 Å². The molecular weight excluding hydrogens is 374 g/mol. The van der Waals surface area contributed by atoms with Crippen LogP contribution < -0.4 is 10.5 Å². The highest BCUT2D eigenvalue weighted by molar-refractivity contribution is 5.99. The smallest absolute Gasteiger partial charge is 0.415 e. The third kappa shape index (κ3) is 3.69. The number of benzene rings is 1. The fourth-order valence-electron chi connectivity index (χ4n) is 3.83. The molecule has 1 fully saturated rings. The summed E-state index contributed by atoms with van der Waals surface area (Å²) in [4.78, 5) is 26.4. The van der Waals surface area contributed by atoms with Crippen molar-refractivity contribution >= 4 is 11.9 Å². The average molecular weight is 395 g/mol. The van der Waals surface area contributed by atoms with Crippen LogP contribution in [0.15, 0.2) is 47.1 Å². The average Bonchev–Trinajstić information content (AvgIpc) is 2.74. The van der Waals surface area contributed by atoms with E-state index < -0.39 is 12.0 Å². The summed E-state index contributed by atoms with van der Waals surface area (Å²) in [6.07, 6.45) is 1.32. The molecule has 29 heavy (non-hydrogen) atoms. The summed E-state index contributed by atoms with van der Waals surface area (Å²) < 4.78 is 16.2. The molecule has 0 radical (unpaired) electrons. The van der Waals surface area contributed by atoms with Crippen LogP contribution in [0.4, 0.5) is 4.79 Å². The van der Waals surface area contributed by atoms with Gasteiger partial charge < -0.3 is 24.8 Å². The van der Waals surface area contributed by atoms with E-state index in [1.165, 1.54) is 0 Å². The summed E-state index contributed by atoms with van der Waals surface area (Å²) in [5.41, 5.74) is 7.40. The third-order valence-electron chi connectivity index (χ3n) is 5.29. The topological polar surface area (TPSA) is 115 Å². The highest BCUT2D eigenvalue weighted by Gasteiger charge is 2.37. The van der Waals surface area contributed by atoms with Gasteiger partial charge in [0.2, 0.25) is 5.88 Å². The second-order valence-corrected chi connectivity index (χ2v) is 7.07. The zero-order valence-corrected chi connectivity index (χ0v) is 15.8. The number of nitrogens with two attached hydrogens (primary N) is 1. The SMILES string of the molecule is N#CC1=C(N)OC2=C(C(=O)CCC2)[C@@H]1c1ccc(OC(=O)N2CCOCC2)cc1. The predicted octanol–water partition coefficient (Wildman–Crippen LogP) is 2.33. The van der Waals surface area contributed by atoms with E-state index in [-0.39, 0.29) is 17.2 Å². The Morgan fingerprint density at radius 1 is 1.21 bits per heavy atom. The number of Topliss-reactive ketones (excluding diaryl/α,β-unsaturated/α-hetero) is 1. The Morgan fingerprint density at radius 2 is 1.93 bits per heavy atom. The van der Waals surface area contributed by atoms with Crippen LogP contribution in [0.25, 0.3) is 0 Å². The zero-order chi connectivity index (χ0) is 20.4. The van der Waals surface area contributed by atoms with Crippen molar-refractivity contribution in [2.75, 3.05) is 26.3 Å². The summed E-state index contributed by atoms with van der Waals surface area (Å²) in [7, 11) is 0. The quantitative estimate of drug-likeness (QED) is 0.817. The number of nitrogens with zero attached hydrogens (tertiary/aromatic N) is 2. The van der Waals surface area contributed by atoms with E-state index in [0.29, 0.717) is 62.6 Å². The van der Waals surface area contributed by atoms with Gasteiger partial charge in [-0.15, -0.1) is 0 Å². The van der Waals surface area contributed by atoms with Gasteiger partial charge in [-0.3, -0.25) is 4.79 Å². The normalized spacial score (nSPS) is 22.0. The number of carbonyl (C=O) groups excluding carboxylic acids is 2. The summed E-state index contributed by atoms with van der Waals surface area (Å²) in [6.45, 7) is 1.98. The molecule has 0 saturated carbocycles. The molecule has 2 heterocycles. The highest BCUT2D eigenvalue weighted by Crippen LogP contribution is 2.43. The Balaban J connectivity index is 1.59. The molecular formula is C21H21N3O5. The molecule has 1 saturated heterocycles. The van der Waals surface area contributed by atoms with E-state index in [4.69, 9.17) is 19.9 Å². The third-order valence-corrected chi connectivity index (χ3v) is 5.29. The van der Waals surface area contributed by atoms with Crippen LogP contribution in [-0.4, -0.2) is 43.1 Å². The van der Waals surface area contributed by atoms with Gasteiger partial charge in [-0.25, -0.2) is 4.79 Å². The van der Waals surface area contributed by atoms with Crippen molar-refractivity contribution in [3.05, 3.63) is 52.6 Å². The van der Waals surface area contributed by atoms with Crippen LogP contribution in [0.2, 0.25) is 0 Å². The van der Waals surface area contributed by atoms with Gasteiger partial charge in [-0.05, 0) is 24.1 Å². The first kappa shape index (κ1) is 19.0. The van der Waals surface area contributed by atoms with E-state index >= 15 is 0 Å². The van der Waals surface area contributed by atoms with Gasteiger partial charge in [0.05, 0.1) is 19.1 Å². The number of amides is 1. The summed E-state index contributed by atoms with van der Waals surface area (Å²) in [6, 6.07) is 8.88. The Bertz CT molecular complexity index is 936. The van der Waals surface area contributed by atoms with Crippen molar-refractivity contribution in [1.82, 2.24) is 4.90 Å². The van der Waals surface area contributed by atoms with E-state index in [9.17, 15) is 14.9 Å². The van der Waals surface area contributed by atoms with Crippen LogP contribution in [0, 0.1) is 11.3 Å². The molecule has 0 bridgehead atoms. The second kappa shape index (κ2) is 7.97. The van der Waals surface area contributed by atoms with E-state index in [1.807, 2.05) is 0 Å². The molecule has 0 unspecified atom stereocenters. The lowest BCUT2D eigenvalue weighted by Gasteiger charge is -2.31. The molecule has 1 aromatic rings. The van der Waals surface area contributed by atoms with Crippen molar-refractivity contribution < 1.29 is 23.8 Å². The fourth-order valence-corrected chi connectivity index (χ4v) is 3.83. The maximum Gasteiger partial charge on any atom is 0.415 e. The van der Waals surface area contributed by atoms with Crippen LogP contribution in [-0.2, 0) is 14.3 Å². The minimum atomic E-state index is -0.569. The van der Waals surface area contributed by atoms with E-state index in [0.717, 1.165) is 5.56 Å². The molecule has 2 aliphatic heterocycles. The number of allylic oxidation sites excluding steroid dienone is 3. The number of morpholine rings is 1. The maximum absolute atomic E-state index is 12.6. The van der Waals surface area contributed by atoms with Crippen molar-refractivity contribution in [3.63, 3.8) is 0 Å². The number of nitriles is 1. The number of hydrogen-bond acceptors (Lipinski definition) is 7. The first-order valence-electron chi connectivity index (χ1n) is 9.56. The minimum absolute atomic E-state index is 0.0284. The summed E-state index contributed by atoms with van der Waals surface area (Å²) >= 11 is 0. The predicted molar refractivity (Wildman–Crippen MR) is 101 cm³/mol. The van der Waals surface area contributed by atoms with Crippen molar-refractivity contribution in [2.45, 2.75) is 25.2 Å². The standard InChI is InChI=1S/C21H21N3O5/c22-12-15-18(19-16(25)2-1-3-17(19)29-20(15)23)13-4-6-14(7-5-13)28-21(26)24-8-10-27-11-9-24/h4-7,18H,1-3,8-11,23H2/t18-/m1/s1. The van der Waals surface area contributed by atoms with Crippen molar-refractivity contribution in [1.29, 1.82) is 5.26 Å². The minimum Gasteiger partial charge on any atom is -0.444 e. The van der Waals surface area contributed by atoms with Gasteiger partial charge >= 0.3 is 6.09 Å². The van der Waals surface area contributed by atoms with Crippen molar-refractivity contribution in [3.8, 4) is 11.8 Å². The van der Waals surface area contributed by atoms with Gasteiger partial charge in [0.15, 0.2) is 5.78 Å². The Labute approximate surface area is 168 Å². The molecule has 1 atom stereocenters. The van der Waals surface area contributed by atoms with Crippen LogP contribution >= 0.6 is 0 Å². The molecule has 3 aliphatic rings. The Kier molecular flexibility index (Phi) is 5.23. The number of hydrogen-bond donors (Lipinski definition) is 1. The monoisotopic (exact) mass is 395 g/mol. The number of ketones is 1. The molecule has 4 rings (SSSR count). The summed E-state index contributed by atoms with van der Waals surface area (Å²) in [5, 5.41) is 9.60.